The molecule has 4 aromatic rings. The maximum atomic E-state index is 13.1. The Bertz CT molecular complexity index is 1310. The Morgan fingerprint density at radius 1 is 1.06 bits per heavy atom. The van der Waals surface area contributed by atoms with Gasteiger partial charge in [0, 0.05) is 25.1 Å². The predicted molar refractivity (Wildman–Crippen MR) is 142 cm³/mol. The van der Waals surface area contributed by atoms with Crippen molar-refractivity contribution in [1.82, 2.24) is 14.9 Å². The van der Waals surface area contributed by atoms with E-state index in [1.54, 1.807) is 0 Å². The lowest BCUT2D eigenvalue weighted by Gasteiger charge is -2.15. The van der Waals surface area contributed by atoms with Crippen molar-refractivity contribution in [2.24, 2.45) is 0 Å². The maximum absolute atomic E-state index is 13.1. The number of nitrogens with one attached hydrogen (secondary N) is 1. The number of benzene rings is 3. The molecular weight excluding hydrogens is 453 g/mol. The van der Waals surface area contributed by atoms with Gasteiger partial charge >= 0.3 is 0 Å². The van der Waals surface area contributed by atoms with Crippen molar-refractivity contribution in [3.8, 4) is 5.75 Å². The van der Waals surface area contributed by atoms with Gasteiger partial charge in [0.2, 0.25) is 0 Å². The van der Waals surface area contributed by atoms with E-state index < -0.39 is 0 Å². The van der Waals surface area contributed by atoms with Crippen LogP contribution in [0.3, 0.4) is 0 Å². The molecule has 0 aliphatic heterocycles. The average molecular weight is 488 g/mol. The molecule has 0 unspecified atom stereocenters. The second-order valence-corrected chi connectivity index (χ2v) is 9.43. The minimum atomic E-state index is -0.357. The molecule has 1 aromatic heterocycles. The van der Waals surface area contributed by atoms with Crippen molar-refractivity contribution < 1.29 is 13.9 Å². The quantitative estimate of drug-likeness (QED) is 0.248. The Kier molecular flexibility index (Phi) is 8.36. The maximum Gasteiger partial charge on any atom is 0.251 e. The topological polar surface area (TPSA) is 56.1 Å². The number of imidazole rings is 1. The number of nitrogens with zero attached hydrogens (tertiary/aromatic N) is 2. The summed E-state index contributed by atoms with van der Waals surface area (Å²) in [6, 6.07) is 20.1. The van der Waals surface area contributed by atoms with Gasteiger partial charge < -0.3 is 14.6 Å². The van der Waals surface area contributed by atoms with Crippen LogP contribution >= 0.6 is 0 Å². The van der Waals surface area contributed by atoms with Crippen LogP contribution in [0.1, 0.15) is 59.9 Å². The Balaban J connectivity index is 1.34. The van der Waals surface area contributed by atoms with Gasteiger partial charge in [-0.25, -0.2) is 9.37 Å². The summed E-state index contributed by atoms with van der Waals surface area (Å²) in [5.41, 5.74) is 4.94. The number of hydrogen-bond donors (Lipinski definition) is 1. The zero-order valence-corrected chi connectivity index (χ0v) is 21.3. The second-order valence-electron chi connectivity index (χ2n) is 9.43. The summed E-state index contributed by atoms with van der Waals surface area (Å²) in [5, 5.41) is 2.92. The lowest BCUT2D eigenvalue weighted by molar-refractivity contribution is 0.0954. The van der Waals surface area contributed by atoms with Crippen molar-refractivity contribution in [3.63, 3.8) is 0 Å². The van der Waals surface area contributed by atoms with Crippen molar-refractivity contribution >= 4 is 16.9 Å². The van der Waals surface area contributed by atoms with E-state index >= 15 is 0 Å². The first kappa shape index (κ1) is 25.4. The normalized spacial score (nSPS) is 11.2. The highest BCUT2D eigenvalue weighted by Gasteiger charge is 2.12. The van der Waals surface area contributed by atoms with Crippen LogP contribution in [0.4, 0.5) is 4.39 Å². The molecule has 0 bridgehead atoms. The highest BCUT2D eigenvalue weighted by Crippen LogP contribution is 2.27. The van der Waals surface area contributed by atoms with Crippen LogP contribution in [-0.4, -0.2) is 28.6 Å². The second kappa shape index (κ2) is 11.8. The van der Waals surface area contributed by atoms with E-state index in [0.29, 0.717) is 31.1 Å². The molecule has 1 N–H and O–H groups in total. The summed E-state index contributed by atoms with van der Waals surface area (Å²) in [5.74, 6) is 1.77. The van der Waals surface area contributed by atoms with Gasteiger partial charge in [-0.05, 0) is 79.3 Å². The number of halogens is 1. The highest BCUT2D eigenvalue weighted by atomic mass is 19.1. The summed E-state index contributed by atoms with van der Waals surface area (Å²) in [6.45, 7) is 8.41. The van der Waals surface area contributed by atoms with E-state index in [2.05, 4.69) is 54.9 Å². The van der Waals surface area contributed by atoms with Gasteiger partial charge in [-0.1, -0.05) is 38.1 Å². The minimum Gasteiger partial charge on any atom is -0.493 e. The molecule has 5 nitrogen and oxygen atoms in total. The number of amides is 1. The molecule has 3 aromatic carbocycles. The van der Waals surface area contributed by atoms with Crippen LogP contribution in [0, 0.1) is 12.7 Å². The van der Waals surface area contributed by atoms with Crippen LogP contribution in [0.2, 0.25) is 0 Å². The monoisotopic (exact) mass is 487 g/mol. The highest BCUT2D eigenvalue weighted by molar-refractivity contribution is 5.94. The summed E-state index contributed by atoms with van der Waals surface area (Å²) >= 11 is 0. The third kappa shape index (κ3) is 6.30. The summed E-state index contributed by atoms with van der Waals surface area (Å²) < 4.78 is 21.5. The van der Waals surface area contributed by atoms with Gasteiger partial charge in [0.1, 0.15) is 17.4 Å². The number of aryl methyl sites for hydroxylation is 2. The Morgan fingerprint density at radius 2 is 1.83 bits per heavy atom. The standard InChI is InChI=1S/C30H34FN3O2/c1-21(2)25-15-10-22(3)20-28(25)36-19-7-6-18-34-27-9-5-4-8-26(27)33-29(34)16-17-32-30(35)23-11-13-24(31)14-12-23/h4-5,8-15,20-21H,6-7,16-19H2,1-3H3,(H,32,35). The van der Waals surface area contributed by atoms with Crippen molar-refractivity contribution in [2.75, 3.05) is 13.2 Å². The van der Waals surface area contributed by atoms with Crippen LogP contribution in [0.25, 0.3) is 11.0 Å². The lowest BCUT2D eigenvalue weighted by atomic mass is 10.0. The number of carbonyl (C=O) groups excluding carboxylic acids is 1. The van der Waals surface area contributed by atoms with E-state index in [1.165, 1.54) is 35.4 Å². The molecule has 36 heavy (non-hydrogen) atoms. The molecule has 0 saturated carbocycles. The fourth-order valence-electron chi connectivity index (χ4n) is 4.35. The van der Waals surface area contributed by atoms with Gasteiger partial charge in [0.05, 0.1) is 17.6 Å². The molecule has 0 aliphatic carbocycles. The number of hydrogen-bond acceptors (Lipinski definition) is 3. The first-order chi connectivity index (χ1) is 17.4. The molecule has 0 spiro atoms. The summed E-state index contributed by atoms with van der Waals surface area (Å²) in [6.07, 6.45) is 2.50. The van der Waals surface area contributed by atoms with Gasteiger partial charge in [0.15, 0.2) is 0 Å². The number of fused-ring (bicyclic) bond motifs is 1. The van der Waals surface area contributed by atoms with Crippen LogP contribution in [0.5, 0.6) is 5.75 Å². The van der Waals surface area contributed by atoms with Crippen LogP contribution < -0.4 is 10.1 Å². The SMILES string of the molecule is Cc1ccc(C(C)C)c(OCCCCn2c(CCNC(=O)c3ccc(F)cc3)nc3ccccc32)c1. The van der Waals surface area contributed by atoms with Crippen molar-refractivity contribution in [1.29, 1.82) is 0 Å². The van der Waals surface area contributed by atoms with Crippen LogP contribution in [0.15, 0.2) is 66.7 Å². The summed E-state index contributed by atoms with van der Waals surface area (Å²) in [4.78, 5) is 17.2. The zero-order valence-electron chi connectivity index (χ0n) is 21.3. The average Bonchev–Trinajstić information content (AvgIpc) is 3.21. The van der Waals surface area contributed by atoms with E-state index in [4.69, 9.17) is 9.72 Å². The number of para-hydroxylation sites is 2. The molecule has 0 aliphatic rings. The van der Waals surface area contributed by atoms with Crippen LogP contribution in [-0.2, 0) is 13.0 Å². The Hall–Kier alpha value is -3.67. The third-order valence-electron chi connectivity index (χ3n) is 6.30. The third-order valence-corrected chi connectivity index (χ3v) is 6.30. The first-order valence-corrected chi connectivity index (χ1v) is 12.6. The van der Waals surface area contributed by atoms with Crippen molar-refractivity contribution in [2.45, 2.75) is 52.5 Å². The fraction of sp³-hybridized carbons (Fsp3) is 0.333. The molecular formula is C30H34FN3O2. The zero-order chi connectivity index (χ0) is 25.5. The number of carbonyl (C=O) groups is 1. The largest absolute Gasteiger partial charge is 0.493 e. The fourth-order valence-corrected chi connectivity index (χ4v) is 4.35. The predicted octanol–water partition coefficient (Wildman–Crippen LogP) is 6.44. The molecule has 0 radical (unpaired) electrons. The smallest absolute Gasteiger partial charge is 0.251 e. The van der Waals surface area contributed by atoms with Gasteiger partial charge in [0.25, 0.3) is 5.91 Å². The van der Waals surface area contributed by atoms with E-state index in [0.717, 1.165) is 42.0 Å². The first-order valence-electron chi connectivity index (χ1n) is 12.6. The Morgan fingerprint density at radius 3 is 2.61 bits per heavy atom. The number of unbranched alkanes of at least 4 members (excludes halogenated alkanes) is 1. The van der Waals surface area contributed by atoms with E-state index in [-0.39, 0.29) is 11.7 Å². The minimum absolute atomic E-state index is 0.216. The molecule has 1 amide bonds. The molecule has 1 heterocycles. The number of aromatic nitrogens is 2. The van der Waals surface area contributed by atoms with E-state index in [9.17, 15) is 9.18 Å². The van der Waals surface area contributed by atoms with Gasteiger partial charge in [-0.3, -0.25) is 4.79 Å². The molecule has 0 saturated heterocycles. The number of rotatable bonds is 11. The van der Waals surface area contributed by atoms with Gasteiger partial charge in [-0.15, -0.1) is 0 Å². The van der Waals surface area contributed by atoms with Crippen molar-refractivity contribution in [3.05, 3.63) is 95.1 Å². The van der Waals surface area contributed by atoms with E-state index in [1.807, 2.05) is 18.2 Å². The Labute approximate surface area is 212 Å². The lowest BCUT2D eigenvalue weighted by Crippen LogP contribution is -2.26. The molecule has 0 fully saturated rings. The summed E-state index contributed by atoms with van der Waals surface area (Å²) in [7, 11) is 0. The van der Waals surface area contributed by atoms with Gasteiger partial charge in [-0.2, -0.15) is 0 Å². The number of ether oxygens (including phenoxy) is 1. The molecule has 0 atom stereocenters. The molecule has 6 heteroatoms. The molecule has 4 rings (SSSR count). The molecule has 188 valence electrons.